The number of hydrogen-bond acceptors (Lipinski definition) is 5. The summed E-state index contributed by atoms with van der Waals surface area (Å²) in [6.07, 6.45) is 3.16. The van der Waals surface area contributed by atoms with E-state index in [2.05, 4.69) is 15.0 Å². The van der Waals surface area contributed by atoms with E-state index in [1.807, 2.05) is 0 Å². The number of nitrogens with one attached hydrogen (secondary N) is 2. The molecule has 1 heterocycles. The van der Waals surface area contributed by atoms with Crippen molar-refractivity contribution in [3.05, 3.63) is 24.0 Å². The molecule has 1 aromatic heterocycles. The second kappa shape index (κ2) is 5.98. The van der Waals surface area contributed by atoms with Crippen LogP contribution in [0.3, 0.4) is 0 Å². The third-order valence-electron chi connectivity index (χ3n) is 2.83. The van der Waals surface area contributed by atoms with Crippen LogP contribution in [0, 0.1) is 17.2 Å². The molecule has 20 heavy (non-hydrogen) atoms. The van der Waals surface area contributed by atoms with Crippen molar-refractivity contribution >= 4 is 15.9 Å². The van der Waals surface area contributed by atoms with Crippen molar-refractivity contribution < 1.29 is 13.2 Å². The van der Waals surface area contributed by atoms with Gasteiger partial charge >= 0.3 is 0 Å². The number of carbonyl (C=O) groups excluding carboxylic acids is 1. The number of aromatic nitrogens is 1. The first-order valence-electron chi connectivity index (χ1n) is 6.17. The smallest absolute Gasteiger partial charge is 0.243 e. The van der Waals surface area contributed by atoms with Crippen molar-refractivity contribution in [1.29, 1.82) is 5.26 Å². The molecule has 0 aromatic carbocycles. The average Bonchev–Trinajstić information content (AvgIpc) is 3.28. The zero-order valence-corrected chi connectivity index (χ0v) is 11.5. The van der Waals surface area contributed by atoms with Gasteiger partial charge in [0.1, 0.15) is 11.0 Å². The number of pyridine rings is 1. The molecule has 0 saturated heterocycles. The van der Waals surface area contributed by atoms with Crippen molar-refractivity contribution in [2.45, 2.75) is 17.7 Å². The predicted octanol–water partition coefficient (Wildman–Crippen LogP) is -0.242. The summed E-state index contributed by atoms with van der Waals surface area (Å²) in [5, 5.41) is 11.5. The number of rotatable bonds is 6. The van der Waals surface area contributed by atoms with E-state index in [-0.39, 0.29) is 35.5 Å². The Morgan fingerprint density at radius 2 is 2.20 bits per heavy atom. The normalized spacial score (nSPS) is 14.6. The van der Waals surface area contributed by atoms with Crippen LogP contribution in [-0.4, -0.2) is 32.4 Å². The molecule has 0 aliphatic heterocycles. The van der Waals surface area contributed by atoms with Crippen molar-refractivity contribution in [2.75, 3.05) is 13.1 Å². The third kappa shape index (κ3) is 3.53. The summed E-state index contributed by atoms with van der Waals surface area (Å²) < 4.78 is 26.3. The Bertz CT molecular complexity index is 647. The van der Waals surface area contributed by atoms with E-state index in [4.69, 9.17) is 5.26 Å². The summed E-state index contributed by atoms with van der Waals surface area (Å²) in [5.41, 5.74) is -0.151. The molecule has 7 nitrogen and oxygen atoms in total. The van der Waals surface area contributed by atoms with E-state index in [0.717, 1.165) is 12.8 Å². The molecule has 1 aliphatic carbocycles. The van der Waals surface area contributed by atoms with E-state index < -0.39 is 10.0 Å². The Balaban J connectivity index is 1.90. The van der Waals surface area contributed by atoms with Crippen LogP contribution in [0.2, 0.25) is 0 Å². The molecule has 1 amide bonds. The summed E-state index contributed by atoms with van der Waals surface area (Å²) in [6.45, 7) is 0.289. The second-order valence-corrected chi connectivity index (χ2v) is 6.16. The molecule has 1 aliphatic rings. The minimum atomic E-state index is -3.79. The summed E-state index contributed by atoms with van der Waals surface area (Å²) in [5.74, 6) is 0.0541. The maximum absolute atomic E-state index is 12.0. The fourth-order valence-corrected chi connectivity index (χ4v) is 2.77. The van der Waals surface area contributed by atoms with E-state index in [9.17, 15) is 13.2 Å². The quantitative estimate of drug-likeness (QED) is 0.703. The second-order valence-electron chi connectivity index (χ2n) is 4.43. The van der Waals surface area contributed by atoms with Crippen LogP contribution in [0.4, 0.5) is 0 Å². The molecule has 106 valence electrons. The highest BCUT2D eigenvalue weighted by molar-refractivity contribution is 7.89. The fraction of sp³-hybridized carbons (Fsp3) is 0.417. The largest absolute Gasteiger partial charge is 0.355 e. The molecule has 0 unspecified atom stereocenters. The maximum Gasteiger partial charge on any atom is 0.243 e. The van der Waals surface area contributed by atoms with Gasteiger partial charge in [0.2, 0.25) is 15.9 Å². The van der Waals surface area contributed by atoms with E-state index >= 15 is 0 Å². The zero-order valence-electron chi connectivity index (χ0n) is 10.7. The zero-order chi connectivity index (χ0) is 14.6. The monoisotopic (exact) mass is 294 g/mol. The van der Waals surface area contributed by atoms with E-state index in [1.165, 1.54) is 18.3 Å². The Labute approximate surface area is 117 Å². The number of nitriles is 1. The van der Waals surface area contributed by atoms with Gasteiger partial charge in [-0.2, -0.15) is 5.26 Å². The van der Waals surface area contributed by atoms with Crippen molar-refractivity contribution in [3.8, 4) is 6.07 Å². The van der Waals surface area contributed by atoms with Crippen molar-refractivity contribution in [3.63, 3.8) is 0 Å². The number of nitrogens with zero attached hydrogens (tertiary/aromatic N) is 2. The van der Waals surface area contributed by atoms with Crippen molar-refractivity contribution in [1.82, 2.24) is 15.0 Å². The van der Waals surface area contributed by atoms with Crippen LogP contribution in [-0.2, 0) is 14.8 Å². The molecule has 0 radical (unpaired) electrons. The highest BCUT2D eigenvalue weighted by Crippen LogP contribution is 2.28. The van der Waals surface area contributed by atoms with Gasteiger partial charge in [-0.3, -0.25) is 4.79 Å². The first kappa shape index (κ1) is 14.4. The molecule has 0 spiro atoms. The summed E-state index contributed by atoms with van der Waals surface area (Å²) in [6, 6.07) is 4.50. The van der Waals surface area contributed by atoms with Gasteiger partial charge in [0.05, 0.1) is 0 Å². The minimum Gasteiger partial charge on any atom is -0.355 e. The molecule has 0 bridgehead atoms. The van der Waals surface area contributed by atoms with Crippen LogP contribution in [0.5, 0.6) is 0 Å². The van der Waals surface area contributed by atoms with Crippen LogP contribution in [0.15, 0.2) is 23.2 Å². The van der Waals surface area contributed by atoms with E-state index in [1.54, 1.807) is 6.07 Å². The number of sulfonamides is 1. The molecule has 1 aromatic rings. The molecular formula is C12H14N4O3S. The Hall–Kier alpha value is -1.98. The lowest BCUT2D eigenvalue weighted by atomic mass is 10.4. The SMILES string of the molecule is N#Cc1ncccc1S(=O)(=O)NCCNC(=O)C1CC1. The Kier molecular flexibility index (Phi) is 4.32. The topological polar surface area (TPSA) is 112 Å². The van der Waals surface area contributed by atoms with Gasteiger partial charge in [0.15, 0.2) is 5.69 Å². The molecule has 0 atom stereocenters. The highest BCUT2D eigenvalue weighted by Gasteiger charge is 2.29. The molecule has 1 saturated carbocycles. The molecule has 2 rings (SSSR count). The van der Waals surface area contributed by atoms with Gasteiger partial charge in [0.25, 0.3) is 0 Å². The lowest BCUT2D eigenvalue weighted by molar-refractivity contribution is -0.122. The van der Waals surface area contributed by atoms with E-state index in [0.29, 0.717) is 0 Å². The van der Waals surface area contributed by atoms with Gasteiger partial charge < -0.3 is 5.32 Å². The fourth-order valence-electron chi connectivity index (χ4n) is 1.63. The molecular weight excluding hydrogens is 280 g/mol. The number of carbonyl (C=O) groups is 1. The van der Waals surface area contributed by atoms with Crippen LogP contribution in [0.1, 0.15) is 18.5 Å². The maximum atomic E-state index is 12.0. The lowest BCUT2D eigenvalue weighted by Gasteiger charge is -2.08. The van der Waals surface area contributed by atoms with Gasteiger partial charge in [-0.1, -0.05) is 0 Å². The van der Waals surface area contributed by atoms with Crippen LogP contribution < -0.4 is 10.0 Å². The van der Waals surface area contributed by atoms with Gasteiger partial charge in [-0.05, 0) is 25.0 Å². The summed E-state index contributed by atoms with van der Waals surface area (Å²) in [7, 11) is -3.79. The third-order valence-corrected chi connectivity index (χ3v) is 4.32. The van der Waals surface area contributed by atoms with Gasteiger partial charge in [0, 0.05) is 25.2 Å². The minimum absolute atomic E-state index is 0.0386. The molecule has 8 heteroatoms. The van der Waals surface area contributed by atoms with Crippen molar-refractivity contribution in [2.24, 2.45) is 5.92 Å². The Morgan fingerprint density at radius 1 is 1.45 bits per heavy atom. The standard InChI is InChI=1S/C12H14N4O3S/c13-8-10-11(2-1-5-14-10)20(18,19)16-7-6-15-12(17)9-3-4-9/h1-2,5,9,16H,3-4,6-7H2,(H,15,17). The molecule has 1 fully saturated rings. The number of hydrogen-bond donors (Lipinski definition) is 2. The van der Waals surface area contributed by atoms with Gasteiger partial charge in [-0.25, -0.2) is 18.1 Å². The van der Waals surface area contributed by atoms with Crippen LogP contribution >= 0.6 is 0 Å². The first-order chi connectivity index (χ1) is 9.54. The summed E-state index contributed by atoms with van der Waals surface area (Å²) in [4.78, 5) is 14.9. The Morgan fingerprint density at radius 3 is 2.85 bits per heavy atom. The number of amides is 1. The highest BCUT2D eigenvalue weighted by atomic mass is 32.2. The molecule has 2 N–H and O–H groups in total. The van der Waals surface area contributed by atoms with Crippen LogP contribution in [0.25, 0.3) is 0 Å². The summed E-state index contributed by atoms with van der Waals surface area (Å²) >= 11 is 0. The predicted molar refractivity (Wildman–Crippen MR) is 69.9 cm³/mol. The first-order valence-corrected chi connectivity index (χ1v) is 7.65. The lowest BCUT2D eigenvalue weighted by Crippen LogP contribution is -2.35. The average molecular weight is 294 g/mol. The van der Waals surface area contributed by atoms with Gasteiger partial charge in [-0.15, -0.1) is 0 Å².